The number of carbonyl (C=O) groups is 1. The van der Waals surface area contributed by atoms with Gasteiger partial charge in [0, 0.05) is 13.1 Å². The zero-order valence-electron chi connectivity index (χ0n) is 16.9. The molecule has 0 radical (unpaired) electrons. The lowest BCUT2D eigenvalue weighted by molar-refractivity contribution is -0.143. The molecule has 0 bridgehead atoms. The Morgan fingerprint density at radius 2 is 1.77 bits per heavy atom. The van der Waals surface area contributed by atoms with Crippen LogP contribution < -0.4 is 5.32 Å². The SMILES string of the molecule is Cc1ccccc1-n1ncc(C(=O)NCCn2c(C)nc3ccccc32)c1C(F)(F)F. The second-order valence-electron chi connectivity index (χ2n) is 7.16. The topological polar surface area (TPSA) is 64.7 Å². The first kappa shape index (κ1) is 20.6. The van der Waals surface area contributed by atoms with Gasteiger partial charge in [-0.3, -0.25) is 4.79 Å². The van der Waals surface area contributed by atoms with Gasteiger partial charge in [-0.25, -0.2) is 9.67 Å². The summed E-state index contributed by atoms with van der Waals surface area (Å²) in [6, 6.07) is 14.1. The molecule has 9 heteroatoms. The predicted molar refractivity (Wildman–Crippen MR) is 110 cm³/mol. The fourth-order valence-corrected chi connectivity index (χ4v) is 3.63. The van der Waals surface area contributed by atoms with Gasteiger partial charge in [-0.05, 0) is 37.6 Å². The van der Waals surface area contributed by atoms with Gasteiger partial charge in [0.25, 0.3) is 5.91 Å². The van der Waals surface area contributed by atoms with Crippen molar-refractivity contribution in [3.63, 3.8) is 0 Å². The van der Waals surface area contributed by atoms with Crippen molar-refractivity contribution in [1.82, 2.24) is 24.6 Å². The van der Waals surface area contributed by atoms with Gasteiger partial charge in [0.1, 0.15) is 5.82 Å². The van der Waals surface area contributed by atoms with Gasteiger partial charge < -0.3 is 9.88 Å². The van der Waals surface area contributed by atoms with Gasteiger partial charge in [-0.1, -0.05) is 30.3 Å². The maximum Gasteiger partial charge on any atom is 0.434 e. The summed E-state index contributed by atoms with van der Waals surface area (Å²) >= 11 is 0. The molecule has 0 aliphatic rings. The van der Waals surface area contributed by atoms with Crippen molar-refractivity contribution in [2.24, 2.45) is 0 Å². The number of carbonyl (C=O) groups excluding carboxylic acids is 1. The number of hydrogen-bond donors (Lipinski definition) is 1. The summed E-state index contributed by atoms with van der Waals surface area (Å²) in [4.78, 5) is 17.1. The molecule has 0 aliphatic heterocycles. The maximum atomic E-state index is 13.8. The second-order valence-corrected chi connectivity index (χ2v) is 7.16. The fourth-order valence-electron chi connectivity index (χ4n) is 3.63. The average molecular weight is 427 g/mol. The summed E-state index contributed by atoms with van der Waals surface area (Å²) < 4.78 is 44.2. The molecule has 0 spiro atoms. The number of imidazole rings is 1. The van der Waals surface area contributed by atoms with E-state index in [1.807, 2.05) is 35.8 Å². The van der Waals surface area contributed by atoms with Gasteiger partial charge in [-0.15, -0.1) is 0 Å². The Bertz CT molecular complexity index is 1260. The minimum absolute atomic E-state index is 0.146. The van der Waals surface area contributed by atoms with E-state index in [2.05, 4.69) is 15.4 Å². The van der Waals surface area contributed by atoms with Crippen molar-refractivity contribution in [3.8, 4) is 5.69 Å². The Morgan fingerprint density at radius 1 is 1.06 bits per heavy atom. The highest BCUT2D eigenvalue weighted by molar-refractivity contribution is 5.95. The van der Waals surface area contributed by atoms with Gasteiger partial charge in [0.05, 0.1) is 28.5 Å². The van der Waals surface area contributed by atoms with Gasteiger partial charge in [0.15, 0.2) is 5.69 Å². The molecule has 2 aromatic carbocycles. The molecule has 2 aromatic heterocycles. The number of para-hydroxylation sites is 3. The van der Waals surface area contributed by atoms with Crippen molar-refractivity contribution in [2.75, 3.05) is 6.54 Å². The summed E-state index contributed by atoms with van der Waals surface area (Å²) in [6.07, 6.45) is -3.79. The highest BCUT2D eigenvalue weighted by atomic mass is 19.4. The molecule has 2 heterocycles. The number of aryl methyl sites for hydroxylation is 2. The Labute approximate surface area is 176 Å². The predicted octanol–water partition coefficient (Wildman–Crippen LogP) is 4.29. The van der Waals surface area contributed by atoms with Crippen LogP contribution in [0.2, 0.25) is 0 Å². The standard InChI is InChI=1S/C22H20F3N5O/c1-14-7-3-5-9-18(14)30-20(22(23,24)25)16(13-27-30)21(31)26-11-12-29-15(2)28-17-8-4-6-10-19(17)29/h3-10,13H,11-12H2,1-2H3,(H,26,31). The van der Waals surface area contributed by atoms with E-state index in [0.717, 1.165) is 27.7 Å². The van der Waals surface area contributed by atoms with Crippen LogP contribution in [0.1, 0.15) is 27.4 Å². The molecule has 4 rings (SSSR count). The number of nitrogens with one attached hydrogen (secondary N) is 1. The van der Waals surface area contributed by atoms with E-state index in [9.17, 15) is 18.0 Å². The molecular formula is C22H20F3N5O. The molecule has 31 heavy (non-hydrogen) atoms. The monoisotopic (exact) mass is 427 g/mol. The van der Waals surface area contributed by atoms with Crippen LogP contribution in [-0.4, -0.2) is 31.8 Å². The molecule has 0 unspecified atom stereocenters. The number of amides is 1. The Balaban J connectivity index is 1.57. The van der Waals surface area contributed by atoms with Crippen molar-refractivity contribution in [3.05, 3.63) is 77.4 Å². The van der Waals surface area contributed by atoms with E-state index in [1.54, 1.807) is 25.1 Å². The molecule has 1 amide bonds. The molecule has 6 nitrogen and oxygen atoms in total. The first-order valence-corrected chi connectivity index (χ1v) is 9.68. The molecule has 0 fully saturated rings. The zero-order valence-corrected chi connectivity index (χ0v) is 16.9. The highest BCUT2D eigenvalue weighted by Crippen LogP contribution is 2.34. The average Bonchev–Trinajstić information content (AvgIpc) is 3.30. The largest absolute Gasteiger partial charge is 0.434 e. The summed E-state index contributed by atoms with van der Waals surface area (Å²) in [5.74, 6) is -0.0620. The van der Waals surface area contributed by atoms with E-state index in [4.69, 9.17) is 0 Å². The molecule has 0 saturated carbocycles. The summed E-state index contributed by atoms with van der Waals surface area (Å²) in [5, 5.41) is 6.45. The molecule has 160 valence electrons. The maximum absolute atomic E-state index is 13.8. The lowest BCUT2D eigenvalue weighted by Crippen LogP contribution is -2.29. The third kappa shape index (κ3) is 3.90. The van der Waals surface area contributed by atoms with Crippen LogP contribution in [-0.2, 0) is 12.7 Å². The number of benzene rings is 2. The fraction of sp³-hybridized carbons (Fsp3) is 0.227. The minimum Gasteiger partial charge on any atom is -0.350 e. The van der Waals surface area contributed by atoms with Gasteiger partial charge >= 0.3 is 6.18 Å². The van der Waals surface area contributed by atoms with Gasteiger partial charge in [0.2, 0.25) is 0 Å². The normalized spacial score (nSPS) is 11.8. The third-order valence-corrected chi connectivity index (χ3v) is 5.09. The number of nitrogens with zero attached hydrogens (tertiary/aromatic N) is 4. The highest BCUT2D eigenvalue weighted by Gasteiger charge is 2.40. The van der Waals surface area contributed by atoms with E-state index in [0.29, 0.717) is 12.1 Å². The Morgan fingerprint density at radius 3 is 2.52 bits per heavy atom. The molecule has 0 saturated heterocycles. The lowest BCUT2D eigenvalue weighted by atomic mass is 10.1. The number of fused-ring (bicyclic) bond motifs is 1. The van der Waals surface area contributed by atoms with Crippen molar-refractivity contribution in [1.29, 1.82) is 0 Å². The van der Waals surface area contributed by atoms with Gasteiger partial charge in [-0.2, -0.15) is 18.3 Å². The molecule has 1 N–H and O–H groups in total. The van der Waals surface area contributed by atoms with E-state index >= 15 is 0 Å². The Kier molecular flexibility index (Phi) is 5.26. The van der Waals surface area contributed by atoms with Crippen LogP contribution >= 0.6 is 0 Å². The first-order valence-electron chi connectivity index (χ1n) is 9.68. The summed E-state index contributed by atoms with van der Waals surface area (Å²) in [5.41, 5.74) is 1.01. The molecule has 4 aromatic rings. The minimum atomic E-state index is -4.75. The second kappa shape index (κ2) is 7.90. The Hall–Kier alpha value is -3.62. The quantitative estimate of drug-likeness (QED) is 0.517. The van der Waals surface area contributed by atoms with E-state index in [-0.39, 0.29) is 12.2 Å². The van der Waals surface area contributed by atoms with Crippen molar-refractivity contribution < 1.29 is 18.0 Å². The third-order valence-electron chi connectivity index (χ3n) is 5.09. The number of hydrogen-bond acceptors (Lipinski definition) is 3. The summed E-state index contributed by atoms with van der Waals surface area (Å²) in [6.45, 7) is 4.06. The smallest absolute Gasteiger partial charge is 0.350 e. The molecule has 0 atom stereocenters. The molecular weight excluding hydrogens is 407 g/mol. The lowest BCUT2D eigenvalue weighted by Gasteiger charge is -2.14. The van der Waals surface area contributed by atoms with Crippen molar-refractivity contribution >= 4 is 16.9 Å². The van der Waals surface area contributed by atoms with Crippen molar-refractivity contribution in [2.45, 2.75) is 26.6 Å². The van der Waals surface area contributed by atoms with Crippen LogP contribution in [0.5, 0.6) is 0 Å². The zero-order chi connectivity index (χ0) is 22.2. The number of halogens is 3. The van der Waals surface area contributed by atoms with E-state index in [1.165, 1.54) is 6.07 Å². The number of rotatable bonds is 5. The van der Waals surface area contributed by atoms with E-state index < -0.39 is 23.3 Å². The van der Waals surface area contributed by atoms with Crippen LogP contribution in [0, 0.1) is 13.8 Å². The summed E-state index contributed by atoms with van der Waals surface area (Å²) in [7, 11) is 0. The first-order chi connectivity index (χ1) is 14.8. The van der Waals surface area contributed by atoms with Crippen LogP contribution in [0.25, 0.3) is 16.7 Å². The van der Waals surface area contributed by atoms with Crippen LogP contribution in [0.3, 0.4) is 0 Å². The van der Waals surface area contributed by atoms with Crippen LogP contribution in [0.15, 0.2) is 54.7 Å². The number of alkyl halides is 3. The number of aromatic nitrogens is 4. The molecule has 0 aliphatic carbocycles. The van der Waals surface area contributed by atoms with Crippen LogP contribution in [0.4, 0.5) is 13.2 Å².